The van der Waals surface area contributed by atoms with Crippen LogP contribution in [-0.2, 0) is 4.79 Å². The van der Waals surface area contributed by atoms with E-state index < -0.39 is 0 Å². The molecule has 5 rings (SSSR count). The first kappa shape index (κ1) is 17.8. The van der Waals surface area contributed by atoms with Gasteiger partial charge in [0.1, 0.15) is 5.78 Å². The molecule has 2 fully saturated rings. The number of carbonyl (C=O) groups excluding carboxylic acids is 1. The standard InChI is InChI=1S/C24H29N3O/c28-22(14-16-4-2-1-3-5-16)18-8-6-17(7-9-18)19-10-12-25-21-15-27-24-20(23(19)21)11-13-26-24/h10-13,15-18,25H,1-9,14H2. The van der Waals surface area contributed by atoms with Crippen molar-refractivity contribution in [2.75, 3.05) is 0 Å². The summed E-state index contributed by atoms with van der Waals surface area (Å²) in [7, 11) is 0. The fourth-order valence-electron chi connectivity index (χ4n) is 5.59. The van der Waals surface area contributed by atoms with Crippen LogP contribution >= 0.6 is 0 Å². The Labute approximate surface area is 166 Å². The monoisotopic (exact) mass is 375 g/mol. The molecule has 0 unspecified atom stereocenters. The van der Waals surface area contributed by atoms with Crippen LogP contribution in [0, 0.1) is 11.8 Å². The molecule has 0 radical (unpaired) electrons. The molecule has 2 saturated carbocycles. The predicted octanol–water partition coefficient (Wildman–Crippen LogP) is 5.92. The van der Waals surface area contributed by atoms with E-state index in [1.807, 2.05) is 18.6 Å². The third-order valence-electron chi connectivity index (χ3n) is 7.16. The second kappa shape index (κ2) is 7.65. The summed E-state index contributed by atoms with van der Waals surface area (Å²) in [6, 6.07) is 4.30. The van der Waals surface area contributed by atoms with Gasteiger partial charge in [0.25, 0.3) is 0 Å². The number of nitrogens with one attached hydrogen (secondary N) is 1. The summed E-state index contributed by atoms with van der Waals surface area (Å²) in [5.74, 6) is 2.03. The normalized spacial score (nSPS) is 24.0. The number of rotatable bonds is 4. The summed E-state index contributed by atoms with van der Waals surface area (Å²) >= 11 is 0. The minimum absolute atomic E-state index is 0.294. The van der Waals surface area contributed by atoms with Crippen LogP contribution in [0.1, 0.15) is 75.7 Å². The van der Waals surface area contributed by atoms with Gasteiger partial charge in [-0.3, -0.25) is 4.79 Å². The minimum Gasteiger partial charge on any atom is -0.360 e. The van der Waals surface area contributed by atoms with Crippen LogP contribution in [0.25, 0.3) is 21.9 Å². The zero-order valence-corrected chi connectivity index (χ0v) is 16.5. The molecule has 0 amide bonds. The number of fused-ring (bicyclic) bond motifs is 3. The van der Waals surface area contributed by atoms with Crippen LogP contribution in [0.5, 0.6) is 0 Å². The van der Waals surface area contributed by atoms with Crippen LogP contribution in [0.15, 0.2) is 30.7 Å². The number of aromatic nitrogens is 3. The topological polar surface area (TPSA) is 58.6 Å². The molecule has 0 bridgehead atoms. The molecule has 0 aliphatic heterocycles. The summed E-state index contributed by atoms with van der Waals surface area (Å²) in [6.45, 7) is 0. The molecule has 0 saturated heterocycles. The summed E-state index contributed by atoms with van der Waals surface area (Å²) < 4.78 is 0. The van der Waals surface area contributed by atoms with E-state index in [4.69, 9.17) is 0 Å². The molecule has 0 spiro atoms. The van der Waals surface area contributed by atoms with E-state index in [0.717, 1.165) is 48.7 Å². The van der Waals surface area contributed by atoms with Crippen LogP contribution < -0.4 is 0 Å². The summed E-state index contributed by atoms with van der Waals surface area (Å²) in [5, 5.41) is 2.40. The average Bonchev–Trinajstić information content (AvgIpc) is 3.23. The van der Waals surface area contributed by atoms with E-state index in [1.54, 1.807) is 0 Å². The Morgan fingerprint density at radius 3 is 2.64 bits per heavy atom. The van der Waals surface area contributed by atoms with Crippen molar-refractivity contribution >= 4 is 27.7 Å². The Morgan fingerprint density at radius 2 is 1.82 bits per heavy atom. The zero-order valence-electron chi connectivity index (χ0n) is 16.5. The maximum Gasteiger partial charge on any atom is 0.159 e. The lowest BCUT2D eigenvalue weighted by atomic mass is 9.74. The minimum atomic E-state index is 0.294. The first-order valence-electron chi connectivity index (χ1n) is 11.0. The summed E-state index contributed by atoms with van der Waals surface area (Å²) in [5.41, 5.74) is 3.30. The highest BCUT2D eigenvalue weighted by Gasteiger charge is 2.29. The molecule has 3 aromatic heterocycles. The number of pyridine rings is 2. The van der Waals surface area contributed by atoms with Gasteiger partial charge < -0.3 is 4.98 Å². The second-order valence-electron chi connectivity index (χ2n) is 8.89. The van der Waals surface area contributed by atoms with Crippen LogP contribution in [0.3, 0.4) is 0 Å². The quantitative estimate of drug-likeness (QED) is 0.615. The number of Topliss-reactive ketones (excluding diaryl/α,β-unsaturated/α-hetero) is 1. The second-order valence-corrected chi connectivity index (χ2v) is 8.89. The number of aromatic amines is 1. The summed E-state index contributed by atoms with van der Waals surface area (Å²) in [6.07, 6.45) is 17.5. The molecule has 3 heterocycles. The Balaban J connectivity index is 1.32. The molecular formula is C24H29N3O. The van der Waals surface area contributed by atoms with Crippen LogP contribution in [0.4, 0.5) is 0 Å². The van der Waals surface area contributed by atoms with Gasteiger partial charge in [-0.25, -0.2) is 9.97 Å². The summed E-state index contributed by atoms with van der Waals surface area (Å²) in [4.78, 5) is 25.0. The molecule has 1 N–H and O–H groups in total. The van der Waals surface area contributed by atoms with Crippen LogP contribution in [0.2, 0.25) is 0 Å². The van der Waals surface area contributed by atoms with Gasteiger partial charge in [-0.05, 0) is 55.2 Å². The molecule has 3 aromatic rings. The van der Waals surface area contributed by atoms with Crippen molar-refractivity contribution in [3.05, 3.63) is 36.3 Å². The lowest BCUT2D eigenvalue weighted by Crippen LogP contribution is -2.24. The molecule has 4 nitrogen and oxygen atoms in total. The fraction of sp³-hybridized carbons (Fsp3) is 0.542. The molecule has 0 atom stereocenters. The molecule has 146 valence electrons. The smallest absolute Gasteiger partial charge is 0.159 e. The van der Waals surface area contributed by atoms with Gasteiger partial charge >= 0.3 is 0 Å². The van der Waals surface area contributed by atoms with E-state index in [1.165, 1.54) is 43.1 Å². The lowest BCUT2D eigenvalue weighted by molar-refractivity contribution is -0.125. The SMILES string of the molecule is O=C(CC1CCCCC1)C1CCC(c2cc[nH]c3cnc4nccc4c23)CC1. The predicted molar refractivity (Wildman–Crippen MR) is 112 cm³/mol. The highest BCUT2D eigenvalue weighted by Crippen LogP contribution is 2.41. The van der Waals surface area contributed by atoms with E-state index in [-0.39, 0.29) is 0 Å². The van der Waals surface area contributed by atoms with Gasteiger partial charge in [0.2, 0.25) is 0 Å². The molecule has 0 aromatic carbocycles. The van der Waals surface area contributed by atoms with E-state index in [0.29, 0.717) is 23.5 Å². The van der Waals surface area contributed by atoms with Crippen molar-refractivity contribution in [1.29, 1.82) is 0 Å². The third kappa shape index (κ3) is 3.34. The highest BCUT2D eigenvalue weighted by molar-refractivity contribution is 6.05. The number of carbonyl (C=O) groups is 1. The molecular weight excluding hydrogens is 346 g/mol. The van der Waals surface area contributed by atoms with Gasteiger partial charge in [0, 0.05) is 35.5 Å². The van der Waals surface area contributed by atoms with Crippen molar-refractivity contribution in [2.24, 2.45) is 11.8 Å². The number of ketones is 1. The van der Waals surface area contributed by atoms with Crippen LogP contribution in [-0.4, -0.2) is 20.7 Å². The average molecular weight is 376 g/mol. The maximum absolute atomic E-state index is 12.8. The van der Waals surface area contributed by atoms with Crippen molar-refractivity contribution < 1.29 is 4.79 Å². The Kier molecular flexibility index (Phi) is 4.87. The first-order chi connectivity index (χ1) is 13.8. The third-order valence-corrected chi connectivity index (χ3v) is 7.16. The molecule has 4 heteroatoms. The number of H-pyrrole nitrogens is 1. The molecule has 2 aliphatic rings. The van der Waals surface area contributed by atoms with Crippen molar-refractivity contribution in [2.45, 2.75) is 70.1 Å². The van der Waals surface area contributed by atoms with E-state index in [9.17, 15) is 4.79 Å². The number of nitrogens with zero attached hydrogens (tertiary/aromatic N) is 2. The van der Waals surface area contributed by atoms with Crippen molar-refractivity contribution in [3.63, 3.8) is 0 Å². The van der Waals surface area contributed by atoms with Gasteiger partial charge in [-0.2, -0.15) is 0 Å². The molecule has 2 aliphatic carbocycles. The number of hydrogen-bond acceptors (Lipinski definition) is 3. The van der Waals surface area contributed by atoms with Crippen molar-refractivity contribution in [3.8, 4) is 0 Å². The lowest BCUT2D eigenvalue weighted by Gasteiger charge is -2.30. The highest BCUT2D eigenvalue weighted by atomic mass is 16.1. The zero-order chi connectivity index (χ0) is 18.9. The van der Waals surface area contributed by atoms with Gasteiger partial charge in [-0.15, -0.1) is 0 Å². The Hall–Kier alpha value is -2.23. The fourth-order valence-corrected chi connectivity index (χ4v) is 5.59. The van der Waals surface area contributed by atoms with Gasteiger partial charge in [0.15, 0.2) is 5.65 Å². The van der Waals surface area contributed by atoms with E-state index >= 15 is 0 Å². The van der Waals surface area contributed by atoms with Gasteiger partial charge in [0.05, 0.1) is 11.7 Å². The van der Waals surface area contributed by atoms with E-state index in [2.05, 4.69) is 27.1 Å². The molecule has 28 heavy (non-hydrogen) atoms. The largest absolute Gasteiger partial charge is 0.360 e. The Bertz CT molecular complexity index is 978. The Morgan fingerprint density at radius 1 is 1.00 bits per heavy atom. The van der Waals surface area contributed by atoms with Crippen molar-refractivity contribution in [1.82, 2.24) is 15.0 Å². The maximum atomic E-state index is 12.8. The van der Waals surface area contributed by atoms with Gasteiger partial charge in [-0.1, -0.05) is 32.1 Å². The first-order valence-corrected chi connectivity index (χ1v) is 11.0. The number of hydrogen-bond donors (Lipinski definition) is 1.